The first-order chi connectivity index (χ1) is 9.45. The minimum absolute atomic E-state index is 0.0444. The smallest absolute Gasteiger partial charge is 0.221 e. The van der Waals surface area contributed by atoms with E-state index in [2.05, 4.69) is 5.32 Å². The molecule has 0 bridgehead atoms. The highest BCUT2D eigenvalue weighted by Gasteiger charge is 2.22. The largest absolute Gasteiger partial charge is 0.396 e. The van der Waals surface area contributed by atoms with E-state index in [1.807, 2.05) is 0 Å². The molecule has 3 rings (SSSR count). The molecular formula is C15H12F2N2O. The van der Waals surface area contributed by atoms with Crippen molar-refractivity contribution in [3.05, 3.63) is 47.0 Å². The topological polar surface area (TPSA) is 55.1 Å². The molecule has 0 fully saturated rings. The van der Waals surface area contributed by atoms with Crippen LogP contribution in [0.15, 0.2) is 24.3 Å². The molecule has 3 N–H and O–H groups in total. The lowest BCUT2D eigenvalue weighted by Gasteiger charge is -2.08. The second kappa shape index (κ2) is 4.30. The van der Waals surface area contributed by atoms with Crippen molar-refractivity contribution in [2.24, 2.45) is 0 Å². The van der Waals surface area contributed by atoms with Gasteiger partial charge in [0, 0.05) is 6.92 Å². The third-order valence-electron chi connectivity index (χ3n) is 3.40. The molecule has 20 heavy (non-hydrogen) atoms. The number of hydrogen-bond acceptors (Lipinski definition) is 2. The molecule has 0 aromatic heterocycles. The molecular weight excluding hydrogens is 262 g/mol. The lowest BCUT2D eigenvalue weighted by molar-refractivity contribution is -0.114. The van der Waals surface area contributed by atoms with E-state index in [0.29, 0.717) is 12.0 Å². The quantitative estimate of drug-likeness (QED) is 0.670. The Morgan fingerprint density at radius 3 is 2.45 bits per heavy atom. The first-order valence-corrected chi connectivity index (χ1v) is 6.14. The minimum atomic E-state index is -0.519. The maximum atomic E-state index is 14.0. The molecule has 2 aromatic rings. The lowest BCUT2D eigenvalue weighted by atomic mass is 10.0. The first kappa shape index (κ1) is 12.6. The van der Waals surface area contributed by atoms with Crippen LogP contribution < -0.4 is 11.1 Å². The van der Waals surface area contributed by atoms with E-state index in [4.69, 9.17) is 5.73 Å². The number of hydrogen-bond donors (Lipinski definition) is 2. The molecule has 1 aliphatic rings. The molecule has 102 valence electrons. The standard InChI is InChI=1S/C15H12F2N2O/c1-7(20)19-15-4-9-2-8-3-12(16)14(18)6-11(8)10(9)5-13(15)17/h3-6H,2,18H2,1H3,(H,19,20). The molecule has 5 heteroatoms. The number of nitrogens with one attached hydrogen (secondary N) is 1. The lowest BCUT2D eigenvalue weighted by Crippen LogP contribution is -2.07. The molecule has 3 nitrogen and oxygen atoms in total. The van der Waals surface area contributed by atoms with Crippen LogP contribution in [0.25, 0.3) is 11.1 Å². The van der Waals surface area contributed by atoms with Gasteiger partial charge in [-0.3, -0.25) is 4.79 Å². The number of rotatable bonds is 1. The Morgan fingerprint density at radius 2 is 1.75 bits per heavy atom. The van der Waals surface area contributed by atoms with E-state index in [1.54, 1.807) is 6.07 Å². The molecule has 1 amide bonds. The first-order valence-electron chi connectivity index (χ1n) is 6.14. The number of fused-ring (bicyclic) bond motifs is 3. The average Bonchev–Trinajstić information content (AvgIpc) is 2.67. The van der Waals surface area contributed by atoms with Gasteiger partial charge < -0.3 is 11.1 Å². The number of anilines is 2. The van der Waals surface area contributed by atoms with Gasteiger partial charge in [0.15, 0.2) is 0 Å². The van der Waals surface area contributed by atoms with E-state index in [-0.39, 0.29) is 17.3 Å². The van der Waals surface area contributed by atoms with E-state index in [1.165, 1.54) is 25.1 Å². The van der Waals surface area contributed by atoms with Gasteiger partial charge >= 0.3 is 0 Å². The zero-order valence-corrected chi connectivity index (χ0v) is 10.8. The summed E-state index contributed by atoms with van der Waals surface area (Å²) in [5.41, 5.74) is 8.79. The van der Waals surface area contributed by atoms with E-state index >= 15 is 0 Å². The minimum Gasteiger partial charge on any atom is -0.396 e. The van der Waals surface area contributed by atoms with Gasteiger partial charge in [-0.15, -0.1) is 0 Å². The number of nitrogen functional groups attached to an aromatic ring is 1. The fraction of sp³-hybridized carbons (Fsp3) is 0.133. The summed E-state index contributed by atoms with van der Waals surface area (Å²) in [5, 5.41) is 2.44. The number of nitrogens with two attached hydrogens (primary N) is 1. The molecule has 0 aliphatic heterocycles. The molecule has 0 saturated carbocycles. The van der Waals surface area contributed by atoms with Crippen molar-refractivity contribution in [2.75, 3.05) is 11.1 Å². The maximum absolute atomic E-state index is 14.0. The SMILES string of the molecule is CC(=O)Nc1cc2c(cc1F)-c1cc(N)c(F)cc1C2. The van der Waals surface area contributed by atoms with Crippen molar-refractivity contribution >= 4 is 17.3 Å². The highest BCUT2D eigenvalue weighted by molar-refractivity contribution is 5.90. The predicted octanol–water partition coefficient (Wildman–Crippen LogP) is 3.08. The summed E-state index contributed by atoms with van der Waals surface area (Å²) in [6.45, 7) is 1.32. The molecule has 0 radical (unpaired) electrons. The van der Waals surface area contributed by atoms with Crippen molar-refractivity contribution in [2.45, 2.75) is 13.3 Å². The second-order valence-corrected chi connectivity index (χ2v) is 4.88. The summed E-state index contributed by atoms with van der Waals surface area (Å²) in [6, 6.07) is 5.83. The second-order valence-electron chi connectivity index (χ2n) is 4.88. The van der Waals surface area contributed by atoms with Gasteiger partial charge in [-0.25, -0.2) is 8.78 Å². The van der Waals surface area contributed by atoms with Crippen LogP contribution in [0.1, 0.15) is 18.1 Å². The summed E-state index contributed by atoms with van der Waals surface area (Å²) in [4.78, 5) is 11.0. The Kier molecular flexibility index (Phi) is 2.71. The van der Waals surface area contributed by atoms with Crippen LogP contribution in [0, 0.1) is 11.6 Å². The third kappa shape index (κ3) is 1.91. The number of carbonyl (C=O) groups is 1. The number of amides is 1. The highest BCUT2D eigenvalue weighted by atomic mass is 19.1. The summed E-state index contributed by atoms with van der Waals surface area (Å²) in [6.07, 6.45) is 0.495. The summed E-state index contributed by atoms with van der Waals surface area (Å²) in [7, 11) is 0. The highest BCUT2D eigenvalue weighted by Crippen LogP contribution is 2.40. The van der Waals surface area contributed by atoms with Crippen LogP contribution in [-0.2, 0) is 11.2 Å². The van der Waals surface area contributed by atoms with Crippen LogP contribution >= 0.6 is 0 Å². The van der Waals surface area contributed by atoms with Crippen molar-refractivity contribution < 1.29 is 13.6 Å². The molecule has 1 aliphatic carbocycles. The van der Waals surface area contributed by atoms with Gasteiger partial charge in [0.25, 0.3) is 0 Å². The Balaban J connectivity index is 2.12. The van der Waals surface area contributed by atoms with Crippen LogP contribution in [0.2, 0.25) is 0 Å². The van der Waals surface area contributed by atoms with Gasteiger partial charge in [0.1, 0.15) is 11.6 Å². The number of halogens is 2. The zero-order valence-electron chi connectivity index (χ0n) is 10.8. The van der Waals surface area contributed by atoms with Crippen molar-refractivity contribution in [3.63, 3.8) is 0 Å². The fourth-order valence-electron chi connectivity index (χ4n) is 2.53. The van der Waals surface area contributed by atoms with Crippen molar-refractivity contribution in [1.82, 2.24) is 0 Å². The van der Waals surface area contributed by atoms with E-state index < -0.39 is 11.6 Å². The van der Waals surface area contributed by atoms with Gasteiger partial charge in [-0.1, -0.05) is 0 Å². The Bertz CT molecular complexity index is 741. The van der Waals surface area contributed by atoms with Crippen molar-refractivity contribution in [1.29, 1.82) is 0 Å². The maximum Gasteiger partial charge on any atom is 0.221 e. The van der Waals surface area contributed by atoms with Crippen LogP contribution in [0.3, 0.4) is 0 Å². The van der Waals surface area contributed by atoms with E-state index in [9.17, 15) is 13.6 Å². The zero-order chi connectivity index (χ0) is 14.4. The van der Waals surface area contributed by atoms with Crippen LogP contribution in [0.4, 0.5) is 20.2 Å². The van der Waals surface area contributed by atoms with Crippen LogP contribution in [0.5, 0.6) is 0 Å². The fourth-order valence-corrected chi connectivity index (χ4v) is 2.53. The molecule has 0 spiro atoms. The average molecular weight is 274 g/mol. The van der Waals surface area contributed by atoms with Crippen molar-refractivity contribution in [3.8, 4) is 11.1 Å². The number of carbonyl (C=O) groups excluding carboxylic acids is 1. The third-order valence-corrected chi connectivity index (χ3v) is 3.40. The molecule has 2 aromatic carbocycles. The Morgan fingerprint density at radius 1 is 1.10 bits per heavy atom. The number of benzene rings is 2. The normalized spacial score (nSPS) is 11.9. The molecule has 0 unspecified atom stereocenters. The van der Waals surface area contributed by atoms with Gasteiger partial charge in [-0.2, -0.15) is 0 Å². The molecule has 0 saturated heterocycles. The predicted molar refractivity (Wildman–Crippen MR) is 73.3 cm³/mol. The van der Waals surface area contributed by atoms with Gasteiger partial charge in [0.2, 0.25) is 5.91 Å². The Hall–Kier alpha value is -2.43. The van der Waals surface area contributed by atoms with Crippen LogP contribution in [-0.4, -0.2) is 5.91 Å². The Labute approximate surface area is 114 Å². The summed E-state index contributed by atoms with van der Waals surface area (Å²) in [5.74, 6) is -1.33. The summed E-state index contributed by atoms with van der Waals surface area (Å²) >= 11 is 0. The van der Waals surface area contributed by atoms with Gasteiger partial charge in [-0.05, 0) is 52.9 Å². The molecule has 0 heterocycles. The monoisotopic (exact) mass is 274 g/mol. The molecule has 0 atom stereocenters. The summed E-state index contributed by atoms with van der Waals surface area (Å²) < 4.78 is 27.4. The van der Waals surface area contributed by atoms with E-state index in [0.717, 1.165) is 16.7 Å². The van der Waals surface area contributed by atoms with Gasteiger partial charge in [0.05, 0.1) is 11.4 Å².